The Kier molecular flexibility index (Phi) is 4.07. The van der Waals surface area contributed by atoms with Crippen molar-refractivity contribution >= 4 is 21.6 Å². The Morgan fingerprint density at radius 2 is 2.00 bits per heavy atom. The van der Waals surface area contributed by atoms with Gasteiger partial charge in [0.1, 0.15) is 0 Å². The molecule has 3 nitrogen and oxygen atoms in total. The van der Waals surface area contributed by atoms with Crippen molar-refractivity contribution in [1.82, 2.24) is 4.90 Å². The topological polar surface area (TPSA) is 38.5 Å². The third-order valence-corrected chi connectivity index (χ3v) is 3.70. The number of nitrogens with two attached hydrogens (primary N) is 1. The van der Waals surface area contributed by atoms with Crippen LogP contribution in [-0.4, -0.2) is 30.2 Å². The second kappa shape index (κ2) is 5.38. The van der Waals surface area contributed by atoms with Crippen LogP contribution in [0, 0.1) is 0 Å². The molecule has 0 saturated carbocycles. The van der Waals surface area contributed by atoms with E-state index in [2.05, 4.69) is 40.7 Å². The molecule has 0 aromatic heterocycles. The van der Waals surface area contributed by atoms with E-state index in [1.54, 1.807) is 0 Å². The average Bonchev–Trinajstić information content (AvgIpc) is 2.21. The number of nitrogens with zero attached hydrogens (tertiary/aromatic N) is 1. The largest absolute Gasteiger partial charge is 0.399 e. The van der Waals surface area contributed by atoms with Crippen molar-refractivity contribution in [2.75, 3.05) is 18.8 Å². The standard InChI is InChI=1S/C13H19BrN2O/c1-9-6-16(7-10(2)17-9)8-11-3-4-12(15)5-13(11)14/h3-5,9-10H,6-8,15H2,1-2H3/t9-,10+. The van der Waals surface area contributed by atoms with Crippen LogP contribution in [0.25, 0.3) is 0 Å². The van der Waals surface area contributed by atoms with Gasteiger partial charge in [0.2, 0.25) is 0 Å². The molecule has 0 bridgehead atoms. The van der Waals surface area contributed by atoms with Gasteiger partial charge in [-0.25, -0.2) is 0 Å². The lowest BCUT2D eigenvalue weighted by molar-refractivity contribution is -0.0705. The van der Waals surface area contributed by atoms with Crippen molar-refractivity contribution in [3.8, 4) is 0 Å². The first kappa shape index (κ1) is 12.9. The Morgan fingerprint density at radius 1 is 1.35 bits per heavy atom. The second-order valence-electron chi connectivity index (χ2n) is 4.80. The number of morpholine rings is 1. The van der Waals surface area contributed by atoms with Gasteiger partial charge in [0.25, 0.3) is 0 Å². The normalized spacial score (nSPS) is 26.1. The second-order valence-corrected chi connectivity index (χ2v) is 5.66. The van der Waals surface area contributed by atoms with Gasteiger partial charge in [0.05, 0.1) is 12.2 Å². The maximum absolute atomic E-state index is 5.74. The maximum Gasteiger partial charge on any atom is 0.0678 e. The van der Waals surface area contributed by atoms with Crippen LogP contribution in [0.3, 0.4) is 0 Å². The molecule has 1 aliphatic rings. The molecular weight excluding hydrogens is 280 g/mol. The van der Waals surface area contributed by atoms with Crippen molar-refractivity contribution in [3.05, 3.63) is 28.2 Å². The van der Waals surface area contributed by atoms with E-state index in [9.17, 15) is 0 Å². The Labute approximate surface area is 111 Å². The van der Waals surface area contributed by atoms with Crippen LogP contribution >= 0.6 is 15.9 Å². The molecule has 0 spiro atoms. The highest BCUT2D eigenvalue weighted by molar-refractivity contribution is 9.10. The van der Waals surface area contributed by atoms with Crippen molar-refractivity contribution in [1.29, 1.82) is 0 Å². The summed E-state index contributed by atoms with van der Waals surface area (Å²) >= 11 is 3.57. The van der Waals surface area contributed by atoms with Crippen molar-refractivity contribution in [2.45, 2.75) is 32.6 Å². The minimum atomic E-state index is 0.311. The minimum absolute atomic E-state index is 0.311. The quantitative estimate of drug-likeness (QED) is 0.853. The number of hydrogen-bond donors (Lipinski definition) is 1. The molecule has 1 heterocycles. The fourth-order valence-electron chi connectivity index (χ4n) is 2.35. The van der Waals surface area contributed by atoms with Gasteiger partial charge in [-0.2, -0.15) is 0 Å². The third-order valence-electron chi connectivity index (χ3n) is 2.97. The van der Waals surface area contributed by atoms with Crippen LogP contribution in [-0.2, 0) is 11.3 Å². The van der Waals surface area contributed by atoms with E-state index in [0.717, 1.165) is 29.8 Å². The molecule has 0 radical (unpaired) electrons. The molecule has 1 aromatic rings. The number of anilines is 1. The predicted octanol–water partition coefficient (Wildman–Crippen LogP) is 2.64. The van der Waals surface area contributed by atoms with Crippen molar-refractivity contribution in [3.63, 3.8) is 0 Å². The SMILES string of the molecule is C[C@@H]1CN(Cc2ccc(N)cc2Br)C[C@H](C)O1. The Morgan fingerprint density at radius 3 is 2.59 bits per heavy atom. The highest BCUT2D eigenvalue weighted by atomic mass is 79.9. The van der Waals surface area contributed by atoms with Gasteiger partial charge in [-0.3, -0.25) is 4.90 Å². The number of rotatable bonds is 2. The molecule has 1 fully saturated rings. The van der Waals surface area contributed by atoms with Gasteiger partial charge in [-0.15, -0.1) is 0 Å². The van der Waals surface area contributed by atoms with Gasteiger partial charge in [0, 0.05) is 29.8 Å². The zero-order valence-corrected chi connectivity index (χ0v) is 11.9. The molecule has 1 aromatic carbocycles. The summed E-state index contributed by atoms with van der Waals surface area (Å²) in [4.78, 5) is 2.43. The lowest BCUT2D eigenvalue weighted by atomic mass is 10.1. The van der Waals surface area contributed by atoms with E-state index < -0.39 is 0 Å². The number of halogens is 1. The molecule has 0 amide bonds. The summed E-state index contributed by atoms with van der Waals surface area (Å²) in [5.74, 6) is 0. The van der Waals surface area contributed by atoms with Crippen LogP contribution in [0.4, 0.5) is 5.69 Å². The van der Waals surface area contributed by atoms with Crippen molar-refractivity contribution < 1.29 is 4.74 Å². The zero-order valence-electron chi connectivity index (χ0n) is 10.3. The monoisotopic (exact) mass is 298 g/mol. The van der Waals surface area contributed by atoms with E-state index in [1.807, 2.05) is 12.1 Å². The molecule has 94 valence electrons. The molecule has 2 atom stereocenters. The lowest BCUT2D eigenvalue weighted by Crippen LogP contribution is -2.44. The van der Waals surface area contributed by atoms with E-state index in [4.69, 9.17) is 10.5 Å². The molecule has 4 heteroatoms. The van der Waals surface area contributed by atoms with E-state index in [1.165, 1.54) is 5.56 Å². The molecular formula is C13H19BrN2O. The Balaban J connectivity index is 2.04. The first-order chi connectivity index (χ1) is 8.04. The number of benzene rings is 1. The smallest absolute Gasteiger partial charge is 0.0678 e. The fourth-order valence-corrected chi connectivity index (χ4v) is 2.87. The van der Waals surface area contributed by atoms with Gasteiger partial charge in [0.15, 0.2) is 0 Å². The molecule has 17 heavy (non-hydrogen) atoms. The molecule has 1 saturated heterocycles. The first-order valence-electron chi connectivity index (χ1n) is 5.96. The van der Waals surface area contributed by atoms with E-state index in [-0.39, 0.29) is 0 Å². The Hall–Kier alpha value is -0.580. The predicted molar refractivity (Wildman–Crippen MR) is 73.8 cm³/mol. The summed E-state index contributed by atoms with van der Waals surface area (Å²) in [7, 11) is 0. The van der Waals surface area contributed by atoms with E-state index >= 15 is 0 Å². The zero-order chi connectivity index (χ0) is 12.4. The van der Waals surface area contributed by atoms with Gasteiger partial charge >= 0.3 is 0 Å². The van der Waals surface area contributed by atoms with Crippen LogP contribution in [0.2, 0.25) is 0 Å². The number of hydrogen-bond acceptors (Lipinski definition) is 3. The summed E-state index contributed by atoms with van der Waals surface area (Å²) in [5, 5.41) is 0. The summed E-state index contributed by atoms with van der Waals surface area (Å²) in [5.41, 5.74) is 7.82. The highest BCUT2D eigenvalue weighted by Gasteiger charge is 2.22. The Bertz CT molecular complexity index is 387. The van der Waals surface area contributed by atoms with Crippen molar-refractivity contribution in [2.24, 2.45) is 0 Å². The molecule has 2 N–H and O–H groups in total. The fraction of sp³-hybridized carbons (Fsp3) is 0.538. The van der Waals surface area contributed by atoms with Gasteiger partial charge in [-0.05, 0) is 31.5 Å². The van der Waals surface area contributed by atoms with Gasteiger partial charge < -0.3 is 10.5 Å². The van der Waals surface area contributed by atoms with Crippen LogP contribution in [0.1, 0.15) is 19.4 Å². The van der Waals surface area contributed by atoms with Crippen LogP contribution < -0.4 is 5.73 Å². The summed E-state index contributed by atoms with van der Waals surface area (Å²) < 4.78 is 6.82. The summed E-state index contributed by atoms with van der Waals surface area (Å²) in [6, 6.07) is 6.00. The molecule has 0 unspecified atom stereocenters. The highest BCUT2D eigenvalue weighted by Crippen LogP contribution is 2.22. The van der Waals surface area contributed by atoms with Gasteiger partial charge in [-0.1, -0.05) is 22.0 Å². The van der Waals surface area contributed by atoms with Crippen LogP contribution in [0.15, 0.2) is 22.7 Å². The average molecular weight is 299 g/mol. The summed E-state index contributed by atoms with van der Waals surface area (Å²) in [6.45, 7) is 7.17. The minimum Gasteiger partial charge on any atom is -0.399 e. The molecule has 2 rings (SSSR count). The van der Waals surface area contributed by atoms with Crippen LogP contribution in [0.5, 0.6) is 0 Å². The molecule has 1 aliphatic heterocycles. The summed E-state index contributed by atoms with van der Waals surface area (Å²) in [6.07, 6.45) is 0.623. The first-order valence-corrected chi connectivity index (χ1v) is 6.75. The lowest BCUT2D eigenvalue weighted by Gasteiger charge is -2.35. The van der Waals surface area contributed by atoms with E-state index in [0.29, 0.717) is 12.2 Å². The molecule has 0 aliphatic carbocycles. The number of ether oxygens (including phenoxy) is 1. The maximum atomic E-state index is 5.74. The third kappa shape index (κ3) is 3.44. The number of nitrogen functional groups attached to an aromatic ring is 1.